The third-order valence-electron chi connectivity index (χ3n) is 6.96. The zero-order valence-electron chi connectivity index (χ0n) is 22.1. The van der Waals surface area contributed by atoms with Crippen LogP contribution in [0.5, 0.6) is 0 Å². The fourth-order valence-corrected chi connectivity index (χ4v) is 6.21. The summed E-state index contributed by atoms with van der Waals surface area (Å²) in [5.74, 6) is 0. The molecule has 7 nitrogen and oxygen atoms in total. The molecule has 1 aliphatic rings. The maximum atomic E-state index is 11.8. The molecule has 0 spiro atoms. The van der Waals surface area contributed by atoms with Gasteiger partial charge in [0.1, 0.15) is 0 Å². The summed E-state index contributed by atoms with van der Waals surface area (Å²) in [7, 11) is -3.39. The molecule has 38 heavy (non-hydrogen) atoms. The number of pyridine rings is 1. The Balaban J connectivity index is 1.65. The van der Waals surface area contributed by atoms with E-state index >= 15 is 0 Å². The van der Waals surface area contributed by atoms with Crippen molar-refractivity contribution in [1.29, 1.82) is 0 Å². The molecule has 2 aromatic heterocycles. The molecule has 0 radical (unpaired) electrons. The predicted molar refractivity (Wildman–Crippen MR) is 158 cm³/mol. The summed E-state index contributed by atoms with van der Waals surface area (Å²) >= 11 is 5.90. The topological polar surface area (TPSA) is 79.3 Å². The summed E-state index contributed by atoms with van der Waals surface area (Å²) in [4.78, 5) is 6.78. The van der Waals surface area contributed by atoms with E-state index in [1.165, 1.54) is 5.56 Å². The lowest BCUT2D eigenvalue weighted by molar-refractivity contribution is 0.565. The Hall–Kier alpha value is -3.69. The van der Waals surface area contributed by atoms with Crippen LogP contribution in [-0.4, -0.2) is 29.3 Å². The normalized spacial score (nSPS) is 17.5. The van der Waals surface area contributed by atoms with E-state index in [9.17, 15) is 8.42 Å². The molecule has 0 saturated carbocycles. The standard InChI is InChI=1S/C29H31N5O2S2/c1-18-9-11-22(12-10-18)33-20(3)17-24(21(33)4)28-27(26-8-6-7-15-30-26)31-29(37)34(28)23-13-14-25(19(2)16-23)32-38(5,35)36/h6-17,27-28,32H,1-5H3,(H,31,37)/t27-,28-/m1/s1. The third kappa shape index (κ3) is 4.91. The van der Waals surface area contributed by atoms with Gasteiger partial charge in [0.05, 0.1) is 29.7 Å². The van der Waals surface area contributed by atoms with Crippen molar-refractivity contribution < 1.29 is 8.42 Å². The Bertz CT molecular complexity index is 1610. The molecule has 0 aliphatic carbocycles. The van der Waals surface area contributed by atoms with Crippen molar-refractivity contribution in [3.63, 3.8) is 0 Å². The van der Waals surface area contributed by atoms with Crippen LogP contribution < -0.4 is 14.9 Å². The second-order valence-corrected chi connectivity index (χ2v) is 12.0. The van der Waals surface area contributed by atoms with E-state index in [4.69, 9.17) is 12.2 Å². The summed E-state index contributed by atoms with van der Waals surface area (Å²) < 4.78 is 28.5. The zero-order chi connectivity index (χ0) is 27.2. The lowest BCUT2D eigenvalue weighted by Gasteiger charge is -2.29. The molecule has 0 unspecified atom stereocenters. The summed E-state index contributed by atoms with van der Waals surface area (Å²) in [5, 5.41) is 4.11. The van der Waals surface area contributed by atoms with Gasteiger partial charge in [-0.1, -0.05) is 23.8 Å². The lowest BCUT2D eigenvalue weighted by atomic mass is 9.96. The molecule has 1 fully saturated rings. The smallest absolute Gasteiger partial charge is 0.229 e. The number of anilines is 2. The Labute approximate surface area is 229 Å². The largest absolute Gasteiger partial charge is 0.351 e. The fraction of sp³-hybridized carbons (Fsp3) is 0.241. The molecule has 3 heterocycles. The first kappa shape index (κ1) is 25.9. The minimum atomic E-state index is -3.39. The maximum absolute atomic E-state index is 11.8. The molecule has 196 valence electrons. The molecule has 0 bridgehead atoms. The van der Waals surface area contributed by atoms with Gasteiger partial charge in [0, 0.05) is 29.0 Å². The first-order chi connectivity index (χ1) is 18.0. The van der Waals surface area contributed by atoms with Crippen LogP contribution in [0, 0.1) is 27.7 Å². The van der Waals surface area contributed by atoms with Crippen LogP contribution in [0.15, 0.2) is 72.9 Å². The van der Waals surface area contributed by atoms with Crippen LogP contribution in [0.4, 0.5) is 11.4 Å². The SMILES string of the molecule is Cc1ccc(-n2c(C)cc([C@@H]3[C@@H](c4ccccn4)NC(=S)N3c3ccc(NS(C)(=O)=O)c(C)c3)c2C)cc1. The summed E-state index contributed by atoms with van der Waals surface area (Å²) in [6, 6.07) is 22.0. The Kier molecular flexibility index (Phi) is 6.75. The highest BCUT2D eigenvalue weighted by molar-refractivity contribution is 7.92. The molecule has 4 aromatic rings. The second-order valence-electron chi connectivity index (χ2n) is 9.87. The number of thiocarbonyl (C=S) groups is 1. The Morgan fingerprint density at radius 3 is 2.29 bits per heavy atom. The van der Waals surface area contributed by atoms with Crippen molar-refractivity contribution in [3.8, 4) is 5.69 Å². The van der Waals surface area contributed by atoms with E-state index in [1.807, 2.05) is 37.3 Å². The van der Waals surface area contributed by atoms with E-state index in [2.05, 4.69) is 75.6 Å². The molecule has 5 rings (SSSR count). The average molecular weight is 546 g/mol. The van der Waals surface area contributed by atoms with Crippen molar-refractivity contribution in [3.05, 3.63) is 107 Å². The van der Waals surface area contributed by atoms with E-state index < -0.39 is 10.0 Å². The molecule has 1 aliphatic heterocycles. The van der Waals surface area contributed by atoms with Crippen molar-refractivity contribution in [2.45, 2.75) is 39.8 Å². The van der Waals surface area contributed by atoms with Gasteiger partial charge in [0.25, 0.3) is 0 Å². The third-order valence-corrected chi connectivity index (χ3v) is 7.87. The fourth-order valence-electron chi connectivity index (χ4n) is 5.24. The van der Waals surface area contributed by atoms with E-state index in [1.54, 1.807) is 12.3 Å². The van der Waals surface area contributed by atoms with Gasteiger partial charge < -0.3 is 14.8 Å². The van der Waals surface area contributed by atoms with E-state index in [-0.39, 0.29) is 12.1 Å². The van der Waals surface area contributed by atoms with Gasteiger partial charge in [-0.2, -0.15) is 0 Å². The van der Waals surface area contributed by atoms with Crippen LogP contribution in [0.25, 0.3) is 5.69 Å². The number of rotatable bonds is 6. The van der Waals surface area contributed by atoms with E-state index in [0.717, 1.165) is 45.8 Å². The van der Waals surface area contributed by atoms with Gasteiger partial charge >= 0.3 is 0 Å². The number of benzene rings is 2. The number of nitrogens with one attached hydrogen (secondary N) is 2. The van der Waals surface area contributed by atoms with Crippen LogP contribution >= 0.6 is 12.2 Å². The lowest BCUT2D eigenvalue weighted by Crippen LogP contribution is -2.29. The molecular weight excluding hydrogens is 514 g/mol. The molecule has 0 amide bonds. The van der Waals surface area contributed by atoms with Crippen LogP contribution in [0.2, 0.25) is 0 Å². The minimum Gasteiger partial charge on any atom is -0.351 e. The van der Waals surface area contributed by atoms with Crippen LogP contribution in [0.3, 0.4) is 0 Å². The molecule has 1 saturated heterocycles. The van der Waals surface area contributed by atoms with Crippen LogP contribution in [0.1, 0.15) is 45.9 Å². The number of hydrogen-bond acceptors (Lipinski definition) is 4. The average Bonchev–Trinajstić information content (AvgIpc) is 3.36. The van der Waals surface area contributed by atoms with Crippen molar-refractivity contribution in [2.24, 2.45) is 0 Å². The maximum Gasteiger partial charge on any atom is 0.229 e. The number of aryl methyl sites for hydroxylation is 3. The quantitative estimate of drug-likeness (QED) is 0.305. The van der Waals surface area contributed by atoms with Gasteiger partial charge in [-0.3, -0.25) is 9.71 Å². The number of sulfonamides is 1. The highest BCUT2D eigenvalue weighted by Crippen LogP contribution is 2.44. The van der Waals surface area contributed by atoms with Crippen molar-refractivity contribution in [2.75, 3.05) is 15.9 Å². The predicted octanol–water partition coefficient (Wildman–Crippen LogP) is 5.65. The zero-order valence-corrected chi connectivity index (χ0v) is 23.7. The van der Waals surface area contributed by atoms with Gasteiger partial charge in [-0.05, 0) is 99.6 Å². The first-order valence-electron chi connectivity index (χ1n) is 12.4. The summed E-state index contributed by atoms with van der Waals surface area (Å²) in [6.07, 6.45) is 2.95. The Morgan fingerprint density at radius 1 is 0.947 bits per heavy atom. The van der Waals surface area contributed by atoms with Gasteiger partial charge in [-0.25, -0.2) is 8.42 Å². The first-order valence-corrected chi connectivity index (χ1v) is 14.7. The van der Waals surface area contributed by atoms with Gasteiger partial charge in [0.15, 0.2) is 5.11 Å². The number of nitrogens with zero attached hydrogens (tertiary/aromatic N) is 3. The van der Waals surface area contributed by atoms with Crippen LogP contribution in [-0.2, 0) is 10.0 Å². The van der Waals surface area contributed by atoms with Crippen molar-refractivity contribution >= 4 is 38.7 Å². The van der Waals surface area contributed by atoms with Gasteiger partial charge in [-0.15, -0.1) is 0 Å². The van der Waals surface area contributed by atoms with Gasteiger partial charge in [0.2, 0.25) is 10.0 Å². The van der Waals surface area contributed by atoms with E-state index in [0.29, 0.717) is 10.8 Å². The molecule has 2 aromatic carbocycles. The highest BCUT2D eigenvalue weighted by Gasteiger charge is 2.42. The Morgan fingerprint density at radius 2 is 1.66 bits per heavy atom. The second kappa shape index (κ2) is 9.89. The molecule has 2 atom stereocenters. The summed E-state index contributed by atoms with van der Waals surface area (Å²) in [5.41, 5.74) is 8.85. The van der Waals surface area contributed by atoms with Crippen molar-refractivity contribution in [1.82, 2.24) is 14.9 Å². The molecule has 2 N–H and O–H groups in total. The highest BCUT2D eigenvalue weighted by atomic mass is 32.2. The monoisotopic (exact) mass is 545 g/mol. The number of aromatic nitrogens is 2. The molecular formula is C29H31N5O2S2. The molecule has 9 heteroatoms. The summed E-state index contributed by atoms with van der Waals surface area (Å²) in [6.45, 7) is 8.23. The minimum absolute atomic E-state index is 0.170. The number of hydrogen-bond donors (Lipinski definition) is 2.